The van der Waals surface area contributed by atoms with E-state index in [1.807, 2.05) is 48.2 Å². The maximum Gasteiger partial charge on any atom is 0.259 e. The molecule has 1 aliphatic rings. The van der Waals surface area contributed by atoms with Crippen LogP contribution < -0.4 is 9.64 Å². The van der Waals surface area contributed by atoms with Gasteiger partial charge in [0.2, 0.25) is 0 Å². The number of carbonyl (C=O) groups is 1. The summed E-state index contributed by atoms with van der Waals surface area (Å²) in [5, 5.41) is 0. The standard InChI is InChI=1S/C21H19NO2S3/c1-12-6-5-7-15-16-18(26-27-20(16)25)21(2,3)22(17(12)15)19(23)13-8-10-14(24-4)11-9-13/h5-11H,1-4H3. The molecule has 27 heavy (non-hydrogen) atoms. The van der Waals surface area contributed by atoms with Crippen molar-refractivity contribution in [3.05, 3.63) is 62.3 Å². The van der Waals surface area contributed by atoms with Crippen molar-refractivity contribution in [3.63, 3.8) is 0 Å². The average Bonchev–Trinajstić information content (AvgIpc) is 3.05. The molecule has 3 nitrogen and oxygen atoms in total. The number of fused-ring (bicyclic) bond motifs is 3. The summed E-state index contributed by atoms with van der Waals surface area (Å²) in [6.07, 6.45) is 0. The Morgan fingerprint density at radius 3 is 2.48 bits per heavy atom. The third kappa shape index (κ3) is 2.74. The van der Waals surface area contributed by atoms with E-state index in [1.54, 1.807) is 27.8 Å². The van der Waals surface area contributed by atoms with Crippen molar-refractivity contribution >= 4 is 44.5 Å². The number of amides is 1. The van der Waals surface area contributed by atoms with E-state index >= 15 is 0 Å². The number of hydrogen-bond acceptors (Lipinski definition) is 5. The first-order valence-electron chi connectivity index (χ1n) is 8.58. The molecule has 0 N–H and O–H groups in total. The molecule has 1 aromatic heterocycles. The van der Waals surface area contributed by atoms with Crippen LogP contribution in [-0.4, -0.2) is 13.0 Å². The van der Waals surface area contributed by atoms with Crippen molar-refractivity contribution in [1.29, 1.82) is 0 Å². The van der Waals surface area contributed by atoms with E-state index in [4.69, 9.17) is 17.0 Å². The van der Waals surface area contributed by atoms with Crippen molar-refractivity contribution in [3.8, 4) is 16.9 Å². The summed E-state index contributed by atoms with van der Waals surface area (Å²) in [6.45, 7) is 6.24. The number of rotatable bonds is 2. The van der Waals surface area contributed by atoms with Crippen LogP contribution in [0.1, 0.15) is 34.6 Å². The largest absolute Gasteiger partial charge is 0.497 e. The van der Waals surface area contributed by atoms with Gasteiger partial charge in [-0.25, -0.2) is 0 Å². The van der Waals surface area contributed by atoms with E-state index in [0.717, 1.165) is 36.8 Å². The van der Waals surface area contributed by atoms with Crippen LogP contribution in [-0.2, 0) is 5.54 Å². The number of carbonyl (C=O) groups excluding carboxylic acids is 1. The molecule has 0 radical (unpaired) electrons. The summed E-state index contributed by atoms with van der Waals surface area (Å²) in [4.78, 5) is 16.7. The Labute approximate surface area is 171 Å². The fourth-order valence-corrected chi connectivity index (χ4v) is 6.93. The Kier molecular flexibility index (Phi) is 4.45. The van der Waals surface area contributed by atoms with Crippen molar-refractivity contribution in [2.45, 2.75) is 26.3 Å². The van der Waals surface area contributed by atoms with Gasteiger partial charge in [-0.1, -0.05) is 51.1 Å². The molecule has 138 valence electrons. The highest BCUT2D eigenvalue weighted by Crippen LogP contribution is 2.53. The zero-order valence-corrected chi connectivity index (χ0v) is 18.0. The van der Waals surface area contributed by atoms with Crippen molar-refractivity contribution < 1.29 is 9.53 Å². The molecule has 0 saturated heterocycles. The number of aryl methyl sites for hydroxylation is 1. The van der Waals surface area contributed by atoms with E-state index < -0.39 is 5.54 Å². The second-order valence-corrected chi connectivity index (χ2v) is 9.87. The predicted molar refractivity (Wildman–Crippen MR) is 116 cm³/mol. The van der Waals surface area contributed by atoms with Gasteiger partial charge in [0.25, 0.3) is 5.91 Å². The van der Waals surface area contributed by atoms with Crippen molar-refractivity contribution in [1.82, 2.24) is 0 Å². The molecule has 0 aliphatic carbocycles. The minimum atomic E-state index is -0.482. The Bertz CT molecular complexity index is 1090. The monoisotopic (exact) mass is 413 g/mol. The van der Waals surface area contributed by atoms with Gasteiger partial charge in [-0.05, 0) is 50.6 Å². The zero-order chi connectivity index (χ0) is 19.3. The van der Waals surface area contributed by atoms with E-state index in [1.165, 1.54) is 0 Å². The Balaban J connectivity index is 1.95. The lowest BCUT2D eigenvalue weighted by Crippen LogP contribution is -2.48. The summed E-state index contributed by atoms with van der Waals surface area (Å²) in [5.74, 6) is 0.715. The van der Waals surface area contributed by atoms with Crippen molar-refractivity contribution in [2.75, 3.05) is 12.0 Å². The molecule has 6 heteroatoms. The summed E-state index contributed by atoms with van der Waals surface area (Å²) >= 11 is 5.63. The highest BCUT2D eigenvalue weighted by Gasteiger charge is 2.43. The summed E-state index contributed by atoms with van der Waals surface area (Å²) in [5.41, 5.74) is 4.34. The molecule has 0 unspecified atom stereocenters. The lowest BCUT2D eigenvalue weighted by molar-refractivity contribution is 0.0961. The predicted octanol–water partition coefficient (Wildman–Crippen LogP) is 6.42. The maximum absolute atomic E-state index is 13.6. The second-order valence-electron chi connectivity index (χ2n) is 7.06. The van der Waals surface area contributed by atoms with E-state index in [0.29, 0.717) is 5.56 Å². The molecule has 0 bridgehead atoms. The molecule has 1 aliphatic heterocycles. The zero-order valence-electron chi connectivity index (χ0n) is 15.5. The second kappa shape index (κ2) is 6.55. The van der Waals surface area contributed by atoms with Crippen LogP contribution in [0.25, 0.3) is 11.1 Å². The van der Waals surface area contributed by atoms with Crippen LogP contribution in [0.15, 0.2) is 42.5 Å². The molecular formula is C21H19NO2S3. The summed E-state index contributed by atoms with van der Waals surface area (Å²) in [6, 6.07) is 13.4. The Hall–Kier alpha value is -2.02. The topological polar surface area (TPSA) is 29.5 Å². The number of methoxy groups -OCH3 is 1. The number of ether oxygens (including phenoxy) is 1. The Morgan fingerprint density at radius 1 is 1.11 bits per heavy atom. The van der Waals surface area contributed by atoms with Gasteiger partial charge in [0.15, 0.2) is 0 Å². The molecule has 0 fully saturated rings. The van der Waals surface area contributed by atoms with E-state index in [9.17, 15) is 4.79 Å². The van der Waals surface area contributed by atoms with Crippen molar-refractivity contribution in [2.24, 2.45) is 0 Å². The normalized spacial score (nSPS) is 14.4. The Morgan fingerprint density at radius 2 is 1.81 bits per heavy atom. The van der Waals surface area contributed by atoms with Crippen LogP contribution in [0.5, 0.6) is 5.75 Å². The number of hydrogen-bond donors (Lipinski definition) is 0. The molecule has 0 atom stereocenters. The quantitative estimate of drug-likeness (QED) is 0.359. The third-order valence-corrected chi connectivity index (χ3v) is 8.35. The first-order chi connectivity index (χ1) is 12.9. The van der Waals surface area contributed by atoms with Gasteiger partial charge in [0, 0.05) is 16.7 Å². The molecule has 1 amide bonds. The van der Waals surface area contributed by atoms with Gasteiger partial charge >= 0.3 is 0 Å². The van der Waals surface area contributed by atoms with Gasteiger partial charge < -0.3 is 4.74 Å². The van der Waals surface area contributed by atoms with Crippen LogP contribution in [0.4, 0.5) is 5.69 Å². The smallest absolute Gasteiger partial charge is 0.259 e. The van der Waals surface area contributed by atoms with Gasteiger partial charge in [-0.2, -0.15) is 0 Å². The van der Waals surface area contributed by atoms with Gasteiger partial charge in [-0.3, -0.25) is 9.69 Å². The van der Waals surface area contributed by atoms with Crippen LogP contribution in [0.2, 0.25) is 0 Å². The van der Waals surface area contributed by atoms with Crippen LogP contribution >= 0.6 is 32.9 Å². The fourth-order valence-electron chi connectivity index (χ4n) is 3.65. The highest BCUT2D eigenvalue weighted by molar-refractivity contribution is 7.80. The first-order valence-corrected chi connectivity index (χ1v) is 11.1. The summed E-state index contributed by atoms with van der Waals surface area (Å²) < 4.78 is 6.12. The molecule has 4 rings (SSSR count). The minimum Gasteiger partial charge on any atom is -0.497 e. The van der Waals surface area contributed by atoms with Gasteiger partial charge in [0.1, 0.15) is 9.57 Å². The highest BCUT2D eigenvalue weighted by atomic mass is 32.9. The van der Waals surface area contributed by atoms with Crippen LogP contribution in [0.3, 0.4) is 0 Å². The molecule has 3 aromatic rings. The minimum absolute atomic E-state index is 0.0202. The van der Waals surface area contributed by atoms with E-state index in [2.05, 4.69) is 19.9 Å². The number of anilines is 1. The SMILES string of the molecule is COc1ccc(C(=O)N2c3c(C)cccc3-c3c(ssc3=S)C2(C)C)cc1. The fraction of sp³-hybridized carbons (Fsp3) is 0.238. The number of para-hydroxylation sites is 1. The number of nitrogens with zero attached hydrogens (tertiary/aromatic N) is 1. The van der Waals surface area contributed by atoms with Gasteiger partial charge in [-0.15, -0.1) is 0 Å². The average molecular weight is 414 g/mol. The lowest BCUT2D eigenvalue weighted by atomic mass is 9.85. The maximum atomic E-state index is 13.6. The molecular weight excluding hydrogens is 394 g/mol. The van der Waals surface area contributed by atoms with E-state index in [-0.39, 0.29) is 5.91 Å². The third-order valence-electron chi connectivity index (χ3n) is 5.02. The number of benzene rings is 2. The lowest BCUT2D eigenvalue weighted by Gasteiger charge is -2.43. The molecule has 2 heterocycles. The molecule has 2 aromatic carbocycles. The first kappa shape index (κ1) is 18.3. The molecule has 0 spiro atoms. The van der Waals surface area contributed by atoms with Crippen LogP contribution in [0, 0.1) is 10.7 Å². The van der Waals surface area contributed by atoms with Gasteiger partial charge in [0.05, 0.1) is 23.2 Å². The summed E-state index contributed by atoms with van der Waals surface area (Å²) in [7, 11) is 4.90. The molecule has 0 saturated carbocycles.